The first-order valence-electron chi connectivity index (χ1n) is 5.92. The maximum atomic E-state index is 3.49. The fraction of sp³-hybridized carbons (Fsp3) is 0.538. The van der Waals surface area contributed by atoms with Gasteiger partial charge in [-0.1, -0.05) is 22.0 Å². The van der Waals surface area contributed by atoms with Gasteiger partial charge in [0.15, 0.2) is 0 Å². The standard InChI is InChI=1S/C13H21BrN2S/c1-16(2)9-4-7-15-8-10-17-13-6-3-5-12(14)11-13/h3,5-6,11,15H,4,7-10H2,1-2H3. The fourth-order valence-corrected chi connectivity index (χ4v) is 2.86. The first kappa shape index (κ1) is 15.0. The molecule has 0 fully saturated rings. The normalized spacial score (nSPS) is 11.1. The van der Waals surface area contributed by atoms with Gasteiger partial charge in [0.05, 0.1) is 0 Å². The Labute approximate surface area is 117 Å². The Hall–Kier alpha value is -0.0300. The van der Waals surface area contributed by atoms with Crippen LogP contribution in [0.3, 0.4) is 0 Å². The summed E-state index contributed by atoms with van der Waals surface area (Å²) < 4.78 is 1.15. The summed E-state index contributed by atoms with van der Waals surface area (Å²) in [5.41, 5.74) is 0. The minimum atomic E-state index is 1.07. The molecule has 4 heteroatoms. The van der Waals surface area contributed by atoms with Gasteiger partial charge in [-0.3, -0.25) is 0 Å². The molecule has 2 nitrogen and oxygen atoms in total. The van der Waals surface area contributed by atoms with E-state index in [1.165, 1.54) is 11.3 Å². The number of rotatable bonds is 8. The van der Waals surface area contributed by atoms with Crippen LogP contribution in [-0.4, -0.2) is 44.4 Å². The first-order chi connectivity index (χ1) is 8.18. The number of thioether (sulfide) groups is 1. The Morgan fingerprint density at radius 2 is 2.12 bits per heavy atom. The zero-order chi connectivity index (χ0) is 12.5. The summed E-state index contributed by atoms with van der Waals surface area (Å²) in [4.78, 5) is 3.55. The maximum Gasteiger partial charge on any atom is 0.0186 e. The SMILES string of the molecule is CN(C)CCCNCCSc1cccc(Br)c1. The van der Waals surface area contributed by atoms with Crippen molar-refractivity contribution >= 4 is 27.7 Å². The van der Waals surface area contributed by atoms with E-state index < -0.39 is 0 Å². The lowest BCUT2D eigenvalue weighted by Crippen LogP contribution is -2.23. The van der Waals surface area contributed by atoms with E-state index in [4.69, 9.17) is 0 Å². The smallest absolute Gasteiger partial charge is 0.0186 e. The van der Waals surface area contributed by atoms with Crippen LogP contribution in [0, 0.1) is 0 Å². The van der Waals surface area contributed by atoms with Gasteiger partial charge in [0.1, 0.15) is 0 Å². The number of halogens is 1. The third kappa shape index (κ3) is 7.82. The van der Waals surface area contributed by atoms with Gasteiger partial charge in [0.2, 0.25) is 0 Å². The fourth-order valence-electron chi connectivity index (χ4n) is 1.44. The number of benzene rings is 1. The molecular weight excluding hydrogens is 296 g/mol. The largest absolute Gasteiger partial charge is 0.316 e. The van der Waals surface area contributed by atoms with Crippen molar-refractivity contribution in [2.24, 2.45) is 0 Å². The highest BCUT2D eigenvalue weighted by Crippen LogP contribution is 2.21. The van der Waals surface area contributed by atoms with Gasteiger partial charge in [-0.15, -0.1) is 11.8 Å². The number of hydrogen-bond acceptors (Lipinski definition) is 3. The van der Waals surface area contributed by atoms with Gasteiger partial charge in [0, 0.05) is 21.7 Å². The predicted molar refractivity (Wildman–Crippen MR) is 80.9 cm³/mol. The van der Waals surface area contributed by atoms with E-state index >= 15 is 0 Å². The Bertz CT molecular complexity index is 318. The molecule has 0 saturated heterocycles. The maximum absolute atomic E-state index is 3.49. The van der Waals surface area contributed by atoms with Gasteiger partial charge in [0.25, 0.3) is 0 Å². The van der Waals surface area contributed by atoms with E-state index in [9.17, 15) is 0 Å². The molecule has 0 bridgehead atoms. The van der Waals surface area contributed by atoms with Crippen molar-refractivity contribution in [3.8, 4) is 0 Å². The van der Waals surface area contributed by atoms with E-state index in [0.29, 0.717) is 0 Å². The monoisotopic (exact) mass is 316 g/mol. The molecule has 0 spiro atoms. The first-order valence-corrected chi connectivity index (χ1v) is 7.70. The second-order valence-electron chi connectivity index (χ2n) is 4.21. The molecule has 1 N–H and O–H groups in total. The molecule has 17 heavy (non-hydrogen) atoms. The van der Waals surface area contributed by atoms with Gasteiger partial charge in [-0.2, -0.15) is 0 Å². The van der Waals surface area contributed by atoms with Crippen LogP contribution in [0.15, 0.2) is 33.6 Å². The third-order valence-corrected chi connectivity index (χ3v) is 3.79. The average molecular weight is 317 g/mol. The van der Waals surface area contributed by atoms with Crippen LogP contribution >= 0.6 is 27.7 Å². The Morgan fingerprint density at radius 1 is 1.29 bits per heavy atom. The molecule has 0 radical (unpaired) electrons. The zero-order valence-electron chi connectivity index (χ0n) is 10.6. The molecule has 0 amide bonds. The zero-order valence-corrected chi connectivity index (χ0v) is 13.0. The van der Waals surface area contributed by atoms with Crippen LogP contribution < -0.4 is 5.32 Å². The van der Waals surface area contributed by atoms with Crippen LogP contribution in [0.5, 0.6) is 0 Å². The van der Waals surface area contributed by atoms with Gasteiger partial charge < -0.3 is 10.2 Å². The van der Waals surface area contributed by atoms with Crippen LogP contribution in [-0.2, 0) is 0 Å². The third-order valence-electron chi connectivity index (χ3n) is 2.30. The second kappa shape index (κ2) is 8.97. The lowest BCUT2D eigenvalue weighted by Gasteiger charge is -2.09. The highest BCUT2D eigenvalue weighted by molar-refractivity contribution is 9.10. The van der Waals surface area contributed by atoms with Crippen LogP contribution in [0.1, 0.15) is 6.42 Å². The number of nitrogens with one attached hydrogen (secondary N) is 1. The summed E-state index contributed by atoms with van der Waals surface area (Å²) in [5.74, 6) is 1.12. The lowest BCUT2D eigenvalue weighted by molar-refractivity contribution is 0.396. The quantitative estimate of drug-likeness (QED) is 0.586. The van der Waals surface area contributed by atoms with E-state index in [1.54, 1.807) is 0 Å². The number of hydrogen-bond donors (Lipinski definition) is 1. The van der Waals surface area contributed by atoms with Crippen molar-refractivity contribution in [3.05, 3.63) is 28.7 Å². The molecule has 96 valence electrons. The van der Waals surface area contributed by atoms with E-state index in [1.807, 2.05) is 11.8 Å². The van der Waals surface area contributed by atoms with Crippen molar-refractivity contribution in [3.63, 3.8) is 0 Å². The lowest BCUT2D eigenvalue weighted by atomic mass is 10.4. The molecule has 0 saturated carbocycles. The van der Waals surface area contributed by atoms with Crippen molar-refractivity contribution < 1.29 is 0 Å². The van der Waals surface area contributed by atoms with Crippen LogP contribution in [0.25, 0.3) is 0 Å². The number of nitrogens with zero attached hydrogens (tertiary/aromatic N) is 1. The van der Waals surface area contributed by atoms with Crippen molar-refractivity contribution in [2.45, 2.75) is 11.3 Å². The molecule has 1 aromatic carbocycles. The van der Waals surface area contributed by atoms with Gasteiger partial charge in [-0.25, -0.2) is 0 Å². The molecule has 1 rings (SSSR count). The Morgan fingerprint density at radius 3 is 2.82 bits per heavy atom. The van der Waals surface area contributed by atoms with Gasteiger partial charge in [-0.05, 0) is 51.8 Å². The molecule has 0 unspecified atom stereocenters. The summed E-state index contributed by atoms with van der Waals surface area (Å²) >= 11 is 5.38. The molecule has 0 aliphatic carbocycles. The van der Waals surface area contributed by atoms with E-state index in [2.05, 4.69) is 64.5 Å². The Kier molecular flexibility index (Phi) is 7.93. The van der Waals surface area contributed by atoms with Crippen molar-refractivity contribution in [1.29, 1.82) is 0 Å². The van der Waals surface area contributed by atoms with Crippen LogP contribution in [0.4, 0.5) is 0 Å². The predicted octanol–water partition coefficient (Wildman–Crippen LogP) is 3.08. The molecule has 0 aliphatic rings. The highest BCUT2D eigenvalue weighted by atomic mass is 79.9. The highest BCUT2D eigenvalue weighted by Gasteiger charge is 1.95. The van der Waals surface area contributed by atoms with E-state index in [0.717, 1.165) is 29.9 Å². The summed E-state index contributed by atoms with van der Waals surface area (Å²) in [6.07, 6.45) is 1.22. The molecule has 0 aliphatic heterocycles. The molecule has 0 atom stereocenters. The summed E-state index contributed by atoms with van der Waals surface area (Å²) in [6.45, 7) is 3.34. The topological polar surface area (TPSA) is 15.3 Å². The Balaban J connectivity index is 2.01. The molecule has 0 heterocycles. The molecule has 0 aromatic heterocycles. The molecular formula is C13H21BrN2S. The van der Waals surface area contributed by atoms with Crippen LogP contribution in [0.2, 0.25) is 0 Å². The second-order valence-corrected chi connectivity index (χ2v) is 6.30. The van der Waals surface area contributed by atoms with Gasteiger partial charge >= 0.3 is 0 Å². The van der Waals surface area contributed by atoms with Crippen molar-refractivity contribution in [1.82, 2.24) is 10.2 Å². The van der Waals surface area contributed by atoms with Crippen molar-refractivity contribution in [2.75, 3.05) is 39.5 Å². The summed E-state index contributed by atoms with van der Waals surface area (Å²) in [7, 11) is 4.23. The summed E-state index contributed by atoms with van der Waals surface area (Å²) in [5, 5.41) is 3.47. The minimum Gasteiger partial charge on any atom is -0.316 e. The minimum absolute atomic E-state index is 1.07. The average Bonchev–Trinajstić information content (AvgIpc) is 2.27. The van der Waals surface area contributed by atoms with E-state index in [-0.39, 0.29) is 0 Å². The molecule has 1 aromatic rings. The summed E-state index contributed by atoms with van der Waals surface area (Å²) in [6, 6.07) is 8.46.